The molecule has 132 valence electrons. The van der Waals surface area contributed by atoms with Crippen LogP contribution in [0.1, 0.15) is 0 Å². The molecular formula is C15H13BrCl2N4O3. The maximum absolute atomic E-state index is 12.2. The third-order valence-corrected chi connectivity index (χ3v) is 4.90. The van der Waals surface area contributed by atoms with Crippen LogP contribution in [0.5, 0.6) is 5.75 Å². The van der Waals surface area contributed by atoms with E-state index in [2.05, 4.69) is 20.9 Å². The third-order valence-electron chi connectivity index (χ3n) is 3.76. The van der Waals surface area contributed by atoms with E-state index in [-0.39, 0.29) is 12.1 Å². The Hall–Kier alpha value is -1.77. The molecule has 3 aromatic rings. The van der Waals surface area contributed by atoms with Gasteiger partial charge in [-0.1, -0.05) is 23.2 Å². The predicted molar refractivity (Wildman–Crippen MR) is 99.9 cm³/mol. The smallest absolute Gasteiger partial charge is 0.332 e. The van der Waals surface area contributed by atoms with Crippen molar-refractivity contribution in [1.82, 2.24) is 18.7 Å². The first kappa shape index (κ1) is 18.0. The number of hydrogen-bond donors (Lipinski definition) is 0. The van der Waals surface area contributed by atoms with Crippen molar-refractivity contribution in [2.24, 2.45) is 14.1 Å². The van der Waals surface area contributed by atoms with Gasteiger partial charge in [0.2, 0.25) is 0 Å². The summed E-state index contributed by atoms with van der Waals surface area (Å²) >= 11 is 15.3. The second-order valence-corrected chi connectivity index (χ2v) is 6.89. The number of ether oxygens (including phenoxy) is 1. The van der Waals surface area contributed by atoms with E-state index in [1.807, 2.05) is 0 Å². The lowest BCUT2D eigenvalue weighted by Gasteiger charge is -2.11. The summed E-state index contributed by atoms with van der Waals surface area (Å²) < 4.78 is 10.2. The molecule has 0 bridgehead atoms. The number of nitrogens with zero attached hydrogens (tertiary/aromatic N) is 4. The zero-order valence-electron chi connectivity index (χ0n) is 13.3. The standard InChI is InChI=1S/C15H13BrCl2N4O3/c1-20-12-11(13(23)21(2)15(20)24)19-14(16)22(12)5-6-25-10-4-3-8(17)7-9(10)18/h3-4,7H,5-6H2,1-2H3. The van der Waals surface area contributed by atoms with Crippen LogP contribution in [0.2, 0.25) is 10.0 Å². The van der Waals surface area contributed by atoms with Crippen LogP contribution in [0, 0.1) is 0 Å². The molecule has 0 N–H and O–H groups in total. The van der Waals surface area contributed by atoms with Crippen LogP contribution < -0.4 is 16.0 Å². The minimum Gasteiger partial charge on any atom is -0.490 e. The van der Waals surface area contributed by atoms with Gasteiger partial charge in [0.1, 0.15) is 12.4 Å². The summed E-state index contributed by atoms with van der Waals surface area (Å²) in [6.07, 6.45) is 0. The van der Waals surface area contributed by atoms with Crippen LogP contribution in [0.3, 0.4) is 0 Å². The lowest BCUT2D eigenvalue weighted by atomic mass is 10.3. The number of rotatable bonds is 4. The highest BCUT2D eigenvalue weighted by Crippen LogP contribution is 2.27. The molecular weight excluding hydrogens is 435 g/mol. The van der Waals surface area contributed by atoms with Gasteiger partial charge in [0.15, 0.2) is 15.9 Å². The van der Waals surface area contributed by atoms with Gasteiger partial charge < -0.3 is 9.30 Å². The Kier molecular flexibility index (Phi) is 4.95. The van der Waals surface area contributed by atoms with Gasteiger partial charge in [-0.15, -0.1) is 0 Å². The van der Waals surface area contributed by atoms with E-state index in [1.165, 1.54) is 11.6 Å². The summed E-state index contributed by atoms with van der Waals surface area (Å²) in [6.45, 7) is 0.616. The van der Waals surface area contributed by atoms with Crippen LogP contribution in [-0.4, -0.2) is 25.3 Å². The largest absolute Gasteiger partial charge is 0.490 e. The minimum absolute atomic E-state index is 0.209. The van der Waals surface area contributed by atoms with E-state index >= 15 is 0 Å². The molecule has 0 saturated heterocycles. The first-order valence-electron chi connectivity index (χ1n) is 7.21. The number of halogens is 3. The summed E-state index contributed by atoms with van der Waals surface area (Å²) in [7, 11) is 3.01. The first-order chi connectivity index (χ1) is 11.8. The average molecular weight is 448 g/mol. The topological polar surface area (TPSA) is 71.0 Å². The number of aromatic nitrogens is 4. The Balaban J connectivity index is 1.93. The highest BCUT2D eigenvalue weighted by atomic mass is 79.9. The predicted octanol–water partition coefficient (Wildman–Crippen LogP) is 2.58. The molecule has 10 heteroatoms. The molecule has 7 nitrogen and oxygen atoms in total. The van der Waals surface area contributed by atoms with Gasteiger partial charge in [-0.2, -0.15) is 0 Å². The van der Waals surface area contributed by atoms with Gasteiger partial charge in [0.25, 0.3) is 5.56 Å². The summed E-state index contributed by atoms with van der Waals surface area (Å²) in [5.41, 5.74) is -0.237. The van der Waals surface area contributed by atoms with Crippen molar-refractivity contribution >= 4 is 50.3 Å². The zero-order chi connectivity index (χ0) is 18.3. The molecule has 0 unspecified atom stereocenters. The van der Waals surface area contributed by atoms with Gasteiger partial charge in [-0.25, -0.2) is 9.78 Å². The van der Waals surface area contributed by atoms with Crippen molar-refractivity contribution in [2.75, 3.05) is 6.61 Å². The molecule has 0 fully saturated rings. The van der Waals surface area contributed by atoms with Crippen LogP contribution in [0.25, 0.3) is 11.2 Å². The zero-order valence-corrected chi connectivity index (χ0v) is 16.4. The fourth-order valence-electron chi connectivity index (χ4n) is 2.50. The van der Waals surface area contributed by atoms with Crippen molar-refractivity contribution in [3.63, 3.8) is 0 Å². The highest BCUT2D eigenvalue weighted by Gasteiger charge is 2.17. The Bertz CT molecular complexity index is 1090. The van der Waals surface area contributed by atoms with E-state index in [9.17, 15) is 9.59 Å². The molecule has 0 saturated carbocycles. The average Bonchev–Trinajstić information content (AvgIpc) is 2.90. The van der Waals surface area contributed by atoms with E-state index in [0.717, 1.165) is 4.57 Å². The molecule has 0 aliphatic heterocycles. The second-order valence-electron chi connectivity index (χ2n) is 5.33. The number of aryl methyl sites for hydroxylation is 1. The van der Waals surface area contributed by atoms with Crippen LogP contribution >= 0.6 is 39.1 Å². The fourth-order valence-corrected chi connectivity index (χ4v) is 3.49. The van der Waals surface area contributed by atoms with Crippen LogP contribution in [0.15, 0.2) is 32.5 Å². The summed E-state index contributed by atoms with van der Waals surface area (Å²) in [4.78, 5) is 28.6. The van der Waals surface area contributed by atoms with E-state index in [1.54, 1.807) is 29.8 Å². The molecule has 0 amide bonds. The number of fused-ring (bicyclic) bond motifs is 1. The Morgan fingerprint density at radius 2 is 1.92 bits per heavy atom. The maximum atomic E-state index is 12.2. The lowest BCUT2D eigenvalue weighted by molar-refractivity contribution is 0.298. The molecule has 0 aliphatic carbocycles. The number of benzene rings is 1. The Morgan fingerprint density at radius 3 is 2.60 bits per heavy atom. The quantitative estimate of drug-likeness (QED) is 0.576. The summed E-state index contributed by atoms with van der Waals surface area (Å²) in [5, 5.41) is 0.926. The van der Waals surface area contributed by atoms with E-state index in [4.69, 9.17) is 27.9 Å². The van der Waals surface area contributed by atoms with Crippen molar-refractivity contribution in [3.05, 3.63) is 53.8 Å². The Labute approximate surface area is 160 Å². The fraction of sp³-hybridized carbons (Fsp3) is 0.267. The molecule has 0 spiro atoms. The third kappa shape index (κ3) is 3.21. The Morgan fingerprint density at radius 1 is 1.20 bits per heavy atom. The van der Waals surface area contributed by atoms with Gasteiger partial charge in [-0.3, -0.25) is 13.9 Å². The molecule has 25 heavy (non-hydrogen) atoms. The van der Waals surface area contributed by atoms with Gasteiger partial charge in [0, 0.05) is 19.1 Å². The monoisotopic (exact) mass is 446 g/mol. The molecule has 0 radical (unpaired) electrons. The molecule has 0 atom stereocenters. The van der Waals surface area contributed by atoms with Crippen LogP contribution in [0.4, 0.5) is 0 Å². The van der Waals surface area contributed by atoms with Crippen molar-refractivity contribution < 1.29 is 4.74 Å². The van der Waals surface area contributed by atoms with E-state index in [0.29, 0.717) is 32.7 Å². The maximum Gasteiger partial charge on any atom is 0.332 e. The second kappa shape index (κ2) is 6.86. The molecule has 0 aliphatic rings. The SMILES string of the molecule is Cn1c(=O)c2nc(Br)n(CCOc3ccc(Cl)cc3Cl)c2n(C)c1=O. The molecule has 2 aromatic heterocycles. The van der Waals surface area contributed by atoms with Gasteiger partial charge >= 0.3 is 5.69 Å². The van der Waals surface area contributed by atoms with Crippen molar-refractivity contribution in [1.29, 1.82) is 0 Å². The normalized spacial score (nSPS) is 11.2. The number of imidazole rings is 1. The van der Waals surface area contributed by atoms with Gasteiger partial charge in [0.05, 0.1) is 11.6 Å². The van der Waals surface area contributed by atoms with Crippen molar-refractivity contribution in [2.45, 2.75) is 6.54 Å². The number of hydrogen-bond acceptors (Lipinski definition) is 4. The summed E-state index contributed by atoms with van der Waals surface area (Å²) in [6, 6.07) is 4.95. The highest BCUT2D eigenvalue weighted by molar-refractivity contribution is 9.10. The van der Waals surface area contributed by atoms with Crippen molar-refractivity contribution in [3.8, 4) is 5.75 Å². The van der Waals surface area contributed by atoms with Crippen LogP contribution in [-0.2, 0) is 20.6 Å². The van der Waals surface area contributed by atoms with Gasteiger partial charge in [-0.05, 0) is 34.1 Å². The summed E-state index contributed by atoms with van der Waals surface area (Å²) in [5.74, 6) is 0.497. The minimum atomic E-state index is -0.445. The first-order valence-corrected chi connectivity index (χ1v) is 8.75. The molecule has 3 rings (SSSR count). The lowest BCUT2D eigenvalue weighted by Crippen LogP contribution is -2.37. The molecule has 2 heterocycles. The van der Waals surface area contributed by atoms with E-state index < -0.39 is 11.2 Å². The molecule has 1 aromatic carbocycles.